The third kappa shape index (κ3) is 6.87. The molecular formula is C34H50. The molecule has 1 fully saturated rings. The first-order valence-corrected chi connectivity index (χ1v) is 14.0. The molecule has 2 aromatic rings. The SMILES string of the molecule is C=C(CCc1cc(C)ccc1CCC)c1cc(C)c(CC2CCCC(CC)C2)c(C(C)(C)C)c1. The molecule has 0 heterocycles. The zero-order valence-corrected chi connectivity index (χ0v) is 23.3. The Morgan fingerprint density at radius 3 is 2.35 bits per heavy atom. The van der Waals surface area contributed by atoms with Gasteiger partial charge in [-0.1, -0.05) is 109 Å². The number of rotatable bonds is 9. The summed E-state index contributed by atoms with van der Waals surface area (Å²) in [5, 5.41) is 0. The van der Waals surface area contributed by atoms with Crippen LogP contribution in [0.3, 0.4) is 0 Å². The molecule has 0 aliphatic heterocycles. The summed E-state index contributed by atoms with van der Waals surface area (Å²) in [7, 11) is 0. The molecule has 0 bridgehead atoms. The average molecular weight is 459 g/mol. The molecule has 1 aliphatic carbocycles. The number of hydrogen-bond donors (Lipinski definition) is 0. The fourth-order valence-electron chi connectivity index (χ4n) is 6.14. The van der Waals surface area contributed by atoms with Gasteiger partial charge in [-0.2, -0.15) is 0 Å². The van der Waals surface area contributed by atoms with Crippen molar-refractivity contribution in [3.05, 3.63) is 75.9 Å². The van der Waals surface area contributed by atoms with Gasteiger partial charge in [0.15, 0.2) is 0 Å². The van der Waals surface area contributed by atoms with Crippen molar-refractivity contribution in [2.75, 3.05) is 0 Å². The molecule has 2 unspecified atom stereocenters. The summed E-state index contributed by atoms with van der Waals surface area (Å²) in [6, 6.07) is 11.9. The lowest BCUT2D eigenvalue weighted by atomic mass is 9.73. The van der Waals surface area contributed by atoms with Gasteiger partial charge in [-0.3, -0.25) is 0 Å². The highest BCUT2D eigenvalue weighted by Crippen LogP contribution is 2.38. The molecule has 0 heteroatoms. The minimum Gasteiger partial charge on any atom is -0.0952 e. The molecule has 34 heavy (non-hydrogen) atoms. The van der Waals surface area contributed by atoms with E-state index in [9.17, 15) is 0 Å². The topological polar surface area (TPSA) is 0 Å². The zero-order valence-electron chi connectivity index (χ0n) is 23.3. The lowest BCUT2D eigenvalue weighted by molar-refractivity contribution is 0.258. The van der Waals surface area contributed by atoms with Crippen molar-refractivity contribution in [1.82, 2.24) is 0 Å². The molecule has 0 radical (unpaired) electrons. The second-order valence-electron chi connectivity index (χ2n) is 12.2. The number of hydrogen-bond acceptors (Lipinski definition) is 0. The summed E-state index contributed by atoms with van der Waals surface area (Å²) < 4.78 is 0. The molecule has 1 saturated carbocycles. The number of allylic oxidation sites excluding steroid dienone is 1. The Kier molecular flexibility index (Phi) is 9.25. The largest absolute Gasteiger partial charge is 0.0952 e. The lowest BCUT2D eigenvalue weighted by Gasteiger charge is -2.32. The van der Waals surface area contributed by atoms with Crippen molar-refractivity contribution in [2.45, 2.75) is 118 Å². The third-order valence-electron chi connectivity index (χ3n) is 8.23. The van der Waals surface area contributed by atoms with E-state index >= 15 is 0 Å². The second kappa shape index (κ2) is 11.7. The maximum absolute atomic E-state index is 4.57. The van der Waals surface area contributed by atoms with Gasteiger partial charge in [0.2, 0.25) is 0 Å². The van der Waals surface area contributed by atoms with Gasteiger partial charge in [0.05, 0.1) is 0 Å². The fourth-order valence-corrected chi connectivity index (χ4v) is 6.14. The Hall–Kier alpha value is -1.82. The van der Waals surface area contributed by atoms with E-state index in [1.807, 2.05) is 0 Å². The van der Waals surface area contributed by atoms with Crippen LogP contribution in [-0.4, -0.2) is 0 Å². The Morgan fingerprint density at radius 1 is 0.941 bits per heavy atom. The normalized spacial score (nSPS) is 18.8. The van der Waals surface area contributed by atoms with Crippen LogP contribution in [0.5, 0.6) is 0 Å². The second-order valence-corrected chi connectivity index (χ2v) is 12.2. The molecule has 2 aromatic carbocycles. The predicted octanol–water partition coefficient (Wildman–Crippen LogP) is 9.96. The molecular weight excluding hydrogens is 408 g/mol. The summed E-state index contributed by atoms with van der Waals surface area (Å²) in [6.45, 7) is 20.9. The van der Waals surface area contributed by atoms with E-state index < -0.39 is 0 Å². The highest BCUT2D eigenvalue weighted by molar-refractivity contribution is 5.66. The molecule has 0 amide bonds. The molecule has 2 atom stereocenters. The van der Waals surface area contributed by atoms with Crippen molar-refractivity contribution in [2.24, 2.45) is 11.8 Å². The van der Waals surface area contributed by atoms with Crippen molar-refractivity contribution in [3.8, 4) is 0 Å². The Morgan fingerprint density at radius 2 is 1.68 bits per heavy atom. The highest BCUT2D eigenvalue weighted by Gasteiger charge is 2.26. The van der Waals surface area contributed by atoms with Gasteiger partial charge in [-0.15, -0.1) is 0 Å². The lowest BCUT2D eigenvalue weighted by Crippen LogP contribution is -2.21. The Bertz CT molecular complexity index is 968. The summed E-state index contributed by atoms with van der Waals surface area (Å²) in [4.78, 5) is 0. The van der Waals surface area contributed by atoms with Gasteiger partial charge in [-0.05, 0) is 102 Å². The van der Waals surface area contributed by atoms with Gasteiger partial charge in [0.1, 0.15) is 0 Å². The monoisotopic (exact) mass is 458 g/mol. The predicted molar refractivity (Wildman–Crippen MR) is 152 cm³/mol. The first-order chi connectivity index (χ1) is 16.1. The van der Waals surface area contributed by atoms with Crippen molar-refractivity contribution in [1.29, 1.82) is 0 Å². The molecule has 3 rings (SSSR count). The zero-order chi connectivity index (χ0) is 24.9. The summed E-state index contributed by atoms with van der Waals surface area (Å²) in [5.74, 6) is 1.79. The van der Waals surface area contributed by atoms with Crippen LogP contribution >= 0.6 is 0 Å². The van der Waals surface area contributed by atoms with Gasteiger partial charge in [0, 0.05) is 0 Å². The minimum absolute atomic E-state index is 0.153. The van der Waals surface area contributed by atoms with E-state index in [4.69, 9.17) is 0 Å². The van der Waals surface area contributed by atoms with E-state index in [1.165, 1.54) is 84.8 Å². The maximum atomic E-state index is 4.57. The van der Waals surface area contributed by atoms with Gasteiger partial charge in [-0.25, -0.2) is 0 Å². The summed E-state index contributed by atoms with van der Waals surface area (Å²) in [5.41, 5.74) is 11.8. The van der Waals surface area contributed by atoms with Crippen LogP contribution in [0.4, 0.5) is 0 Å². The molecule has 1 aliphatic rings. The number of benzene rings is 2. The number of aryl methyl sites for hydroxylation is 4. The first kappa shape index (κ1) is 26.8. The van der Waals surface area contributed by atoms with Crippen LogP contribution in [-0.2, 0) is 24.7 Å². The van der Waals surface area contributed by atoms with Crippen LogP contribution in [0.1, 0.15) is 119 Å². The molecule has 186 valence electrons. The molecule has 0 nitrogen and oxygen atoms in total. The van der Waals surface area contributed by atoms with E-state index in [1.54, 1.807) is 11.1 Å². The van der Waals surface area contributed by atoms with Gasteiger partial charge >= 0.3 is 0 Å². The van der Waals surface area contributed by atoms with Gasteiger partial charge < -0.3 is 0 Å². The van der Waals surface area contributed by atoms with Crippen LogP contribution in [0.25, 0.3) is 5.57 Å². The summed E-state index contributed by atoms with van der Waals surface area (Å²) >= 11 is 0. The Labute approximate surface area is 211 Å². The highest BCUT2D eigenvalue weighted by atomic mass is 14.3. The van der Waals surface area contributed by atoms with Crippen LogP contribution in [0.15, 0.2) is 36.9 Å². The standard InChI is InChI=1S/C34H50/c1-9-12-29-17-15-24(3)19-30(29)18-16-25(4)31-20-26(5)32(33(23-31)34(6,7)8)22-28-14-11-13-27(10-2)21-28/h15,17,19-20,23,27-28H,4,9-14,16,18,21-22H2,1-3,5-8H3. The molecule has 0 N–H and O–H groups in total. The Balaban J connectivity index is 1.82. The quantitative estimate of drug-likeness (QED) is 0.350. The summed E-state index contributed by atoms with van der Waals surface area (Å²) in [6.07, 6.45) is 12.8. The van der Waals surface area contributed by atoms with E-state index in [0.29, 0.717) is 0 Å². The van der Waals surface area contributed by atoms with E-state index in [2.05, 4.69) is 85.4 Å². The molecule has 0 spiro atoms. The minimum atomic E-state index is 0.153. The smallest absolute Gasteiger partial charge is 0.0129 e. The van der Waals surface area contributed by atoms with Crippen LogP contribution in [0, 0.1) is 25.7 Å². The first-order valence-electron chi connectivity index (χ1n) is 14.0. The molecule has 0 saturated heterocycles. The maximum Gasteiger partial charge on any atom is -0.0129 e. The van der Waals surface area contributed by atoms with Gasteiger partial charge in [0.25, 0.3) is 0 Å². The average Bonchev–Trinajstić information content (AvgIpc) is 2.79. The van der Waals surface area contributed by atoms with Crippen molar-refractivity contribution < 1.29 is 0 Å². The van der Waals surface area contributed by atoms with Crippen LogP contribution < -0.4 is 0 Å². The van der Waals surface area contributed by atoms with Crippen LogP contribution in [0.2, 0.25) is 0 Å². The molecule has 0 aromatic heterocycles. The van der Waals surface area contributed by atoms with E-state index in [-0.39, 0.29) is 5.41 Å². The van der Waals surface area contributed by atoms with Crippen molar-refractivity contribution >= 4 is 5.57 Å². The third-order valence-corrected chi connectivity index (χ3v) is 8.23. The fraction of sp³-hybridized carbons (Fsp3) is 0.588. The van der Waals surface area contributed by atoms with Crippen molar-refractivity contribution in [3.63, 3.8) is 0 Å². The van der Waals surface area contributed by atoms with E-state index in [0.717, 1.165) is 24.7 Å².